The van der Waals surface area contributed by atoms with Gasteiger partial charge in [0.1, 0.15) is 11.8 Å². The summed E-state index contributed by atoms with van der Waals surface area (Å²) in [6.07, 6.45) is 6.29. The Kier molecular flexibility index (Phi) is 7.36. The molecule has 29 heavy (non-hydrogen) atoms. The van der Waals surface area contributed by atoms with Crippen LogP contribution < -0.4 is 10.1 Å². The average Bonchev–Trinajstić information content (AvgIpc) is 2.96. The van der Waals surface area contributed by atoms with E-state index in [-0.39, 0.29) is 17.9 Å². The first kappa shape index (κ1) is 21.4. The number of guanidine groups is 1. The summed E-state index contributed by atoms with van der Waals surface area (Å²) in [4.78, 5) is 29.0. The van der Waals surface area contributed by atoms with Crippen LogP contribution in [0.15, 0.2) is 17.1 Å². The average molecular weight is 422 g/mol. The van der Waals surface area contributed by atoms with Crippen molar-refractivity contribution in [2.75, 3.05) is 13.2 Å². The lowest BCUT2D eigenvalue weighted by Crippen LogP contribution is -2.35. The zero-order valence-electron chi connectivity index (χ0n) is 17.0. The van der Waals surface area contributed by atoms with Gasteiger partial charge in [-0.2, -0.15) is 0 Å². The third-order valence-corrected chi connectivity index (χ3v) is 5.61. The van der Waals surface area contributed by atoms with Crippen LogP contribution in [0.4, 0.5) is 5.69 Å². The second kappa shape index (κ2) is 9.96. The summed E-state index contributed by atoms with van der Waals surface area (Å²) in [6, 6.07) is 3.48. The van der Waals surface area contributed by atoms with Crippen LogP contribution in [0.2, 0.25) is 5.02 Å². The largest absolute Gasteiger partial charge is 0.492 e. The molecule has 7 nitrogen and oxygen atoms in total. The number of hydrogen-bond acceptors (Lipinski definition) is 6. The third kappa shape index (κ3) is 5.41. The first-order chi connectivity index (χ1) is 14.0. The van der Waals surface area contributed by atoms with E-state index < -0.39 is 0 Å². The summed E-state index contributed by atoms with van der Waals surface area (Å²) in [6.45, 7) is 4.96. The minimum Gasteiger partial charge on any atom is -0.492 e. The molecule has 2 heterocycles. The van der Waals surface area contributed by atoms with E-state index in [9.17, 15) is 9.59 Å². The molecule has 0 saturated carbocycles. The third-order valence-electron chi connectivity index (χ3n) is 5.19. The Morgan fingerprint density at radius 1 is 1.21 bits per heavy atom. The van der Waals surface area contributed by atoms with Gasteiger partial charge >= 0.3 is 5.97 Å². The first-order valence-corrected chi connectivity index (χ1v) is 10.6. The zero-order chi connectivity index (χ0) is 20.8. The smallest absolute Gasteiger partial charge is 0.302 e. The monoisotopic (exact) mass is 421 g/mol. The van der Waals surface area contributed by atoms with Crippen molar-refractivity contribution in [1.29, 1.82) is 0 Å². The van der Waals surface area contributed by atoms with E-state index in [2.05, 4.69) is 10.3 Å². The maximum absolute atomic E-state index is 11.9. The lowest BCUT2D eigenvalue weighted by Gasteiger charge is -2.27. The van der Waals surface area contributed by atoms with Gasteiger partial charge < -0.3 is 14.4 Å². The molecule has 1 amide bonds. The van der Waals surface area contributed by atoms with Gasteiger partial charge in [-0.3, -0.25) is 14.9 Å². The molecule has 1 atom stereocenters. The molecule has 0 bridgehead atoms. The van der Waals surface area contributed by atoms with Crippen molar-refractivity contribution in [3.8, 4) is 5.75 Å². The van der Waals surface area contributed by atoms with Crippen LogP contribution in [0.3, 0.4) is 0 Å². The Morgan fingerprint density at radius 2 is 1.90 bits per heavy atom. The van der Waals surface area contributed by atoms with Crippen LogP contribution in [0, 0.1) is 0 Å². The molecule has 1 fully saturated rings. The van der Waals surface area contributed by atoms with Crippen molar-refractivity contribution in [1.82, 2.24) is 10.2 Å². The summed E-state index contributed by atoms with van der Waals surface area (Å²) in [7, 11) is 0. The van der Waals surface area contributed by atoms with E-state index in [0.717, 1.165) is 49.8 Å². The molecular formula is C21H28ClN3O4. The number of amides is 1. The molecule has 0 radical (unpaired) electrons. The maximum atomic E-state index is 11.9. The molecule has 1 saturated heterocycles. The lowest BCUT2D eigenvalue weighted by molar-refractivity contribution is -0.141. The second-order valence-corrected chi connectivity index (χ2v) is 7.79. The summed E-state index contributed by atoms with van der Waals surface area (Å²) in [5.41, 5.74) is 1.67. The molecule has 1 aromatic carbocycles. The summed E-state index contributed by atoms with van der Waals surface area (Å²) in [5, 5.41) is 3.37. The van der Waals surface area contributed by atoms with Crippen molar-refractivity contribution in [2.45, 2.75) is 65.0 Å². The van der Waals surface area contributed by atoms with Gasteiger partial charge in [0, 0.05) is 12.5 Å². The van der Waals surface area contributed by atoms with E-state index in [1.54, 1.807) is 0 Å². The van der Waals surface area contributed by atoms with E-state index in [0.29, 0.717) is 36.5 Å². The highest BCUT2D eigenvalue weighted by Gasteiger charge is 2.36. The minimum atomic E-state index is -0.253. The highest BCUT2D eigenvalue weighted by molar-refractivity contribution is 6.33. The highest BCUT2D eigenvalue weighted by atomic mass is 35.5. The van der Waals surface area contributed by atoms with E-state index >= 15 is 0 Å². The fraction of sp³-hybridized carbons (Fsp3) is 0.571. The number of rotatable bonds is 10. The van der Waals surface area contributed by atoms with Gasteiger partial charge in [0.25, 0.3) is 0 Å². The van der Waals surface area contributed by atoms with Crippen molar-refractivity contribution in [2.24, 2.45) is 4.99 Å². The van der Waals surface area contributed by atoms with Crippen LogP contribution in [0.25, 0.3) is 0 Å². The van der Waals surface area contributed by atoms with Crippen molar-refractivity contribution >= 4 is 35.1 Å². The van der Waals surface area contributed by atoms with Crippen LogP contribution in [0.1, 0.15) is 57.9 Å². The van der Waals surface area contributed by atoms with E-state index in [1.807, 2.05) is 24.0 Å². The molecule has 1 aromatic rings. The Balaban J connectivity index is 1.40. The number of esters is 1. The zero-order valence-corrected chi connectivity index (χ0v) is 17.8. The number of carbonyl (C=O) groups is 2. The summed E-state index contributed by atoms with van der Waals surface area (Å²) >= 11 is 6.57. The van der Waals surface area contributed by atoms with Crippen LogP contribution in [-0.4, -0.2) is 42.0 Å². The SMILES string of the molecule is CC(=O)OCCCCCCCCOc1ccc2c(c1Cl)CN1C(=N2)NC(=O)C1C. The van der Waals surface area contributed by atoms with Gasteiger partial charge in [-0.1, -0.05) is 37.3 Å². The number of ether oxygens (including phenoxy) is 2. The first-order valence-electron chi connectivity index (χ1n) is 10.2. The Hall–Kier alpha value is -2.28. The van der Waals surface area contributed by atoms with E-state index in [1.165, 1.54) is 6.92 Å². The molecule has 0 aliphatic carbocycles. The summed E-state index contributed by atoms with van der Waals surface area (Å²) in [5.74, 6) is 0.995. The Bertz CT molecular complexity index is 796. The van der Waals surface area contributed by atoms with E-state index in [4.69, 9.17) is 21.1 Å². The fourth-order valence-electron chi connectivity index (χ4n) is 3.47. The van der Waals surface area contributed by atoms with Gasteiger partial charge in [-0.15, -0.1) is 0 Å². The highest BCUT2D eigenvalue weighted by Crippen LogP contribution is 2.39. The topological polar surface area (TPSA) is 80.2 Å². The van der Waals surface area contributed by atoms with Crippen LogP contribution >= 0.6 is 11.6 Å². The van der Waals surface area contributed by atoms with Gasteiger partial charge in [-0.05, 0) is 31.9 Å². The van der Waals surface area contributed by atoms with Gasteiger partial charge in [0.05, 0.1) is 30.5 Å². The second-order valence-electron chi connectivity index (χ2n) is 7.41. The predicted molar refractivity (Wildman–Crippen MR) is 112 cm³/mol. The van der Waals surface area contributed by atoms with Crippen molar-refractivity contribution in [3.05, 3.63) is 22.7 Å². The molecule has 0 spiro atoms. The number of unbranched alkanes of at least 4 members (excludes halogenated alkanes) is 5. The predicted octanol–water partition coefficient (Wildman–Crippen LogP) is 3.94. The quantitative estimate of drug-likeness (QED) is 0.457. The number of nitrogens with zero attached hydrogens (tertiary/aromatic N) is 2. The minimum absolute atomic E-state index is 0.0458. The number of aliphatic imine (C=N–C) groups is 1. The van der Waals surface area contributed by atoms with Gasteiger partial charge in [-0.25, -0.2) is 4.99 Å². The molecule has 8 heteroatoms. The van der Waals surface area contributed by atoms with Gasteiger partial charge in [0.15, 0.2) is 0 Å². The lowest BCUT2D eigenvalue weighted by atomic mass is 10.1. The standard InChI is InChI=1S/C21H28ClN3O4/c1-14-20(27)24-21-23-17-9-10-18(19(22)16(17)13-25(14)21)29-12-8-6-4-3-5-7-11-28-15(2)26/h9-10,14H,3-8,11-13H2,1-2H3,(H,23,24,27). The number of hydrogen-bond donors (Lipinski definition) is 1. The molecule has 0 aromatic heterocycles. The van der Waals surface area contributed by atoms with Crippen molar-refractivity contribution < 1.29 is 19.1 Å². The Labute approximate surface area is 176 Å². The number of benzene rings is 1. The number of halogens is 1. The summed E-state index contributed by atoms with van der Waals surface area (Å²) < 4.78 is 10.8. The number of carbonyl (C=O) groups excluding carboxylic acids is 2. The Morgan fingerprint density at radius 3 is 2.62 bits per heavy atom. The maximum Gasteiger partial charge on any atom is 0.302 e. The molecule has 1 N–H and O–H groups in total. The molecule has 2 aliphatic rings. The fourth-order valence-corrected chi connectivity index (χ4v) is 3.74. The molecule has 3 rings (SSSR count). The van der Waals surface area contributed by atoms with Crippen LogP contribution in [0.5, 0.6) is 5.75 Å². The molecule has 2 aliphatic heterocycles. The molecule has 158 valence electrons. The number of nitrogens with one attached hydrogen (secondary N) is 1. The normalized spacial score (nSPS) is 17.3. The van der Waals surface area contributed by atoms with Crippen molar-refractivity contribution in [3.63, 3.8) is 0 Å². The molecular weight excluding hydrogens is 394 g/mol. The van der Waals surface area contributed by atoms with Crippen LogP contribution in [-0.2, 0) is 20.9 Å². The number of fused-ring (bicyclic) bond motifs is 2. The molecule has 1 unspecified atom stereocenters. The van der Waals surface area contributed by atoms with Gasteiger partial charge in [0.2, 0.25) is 11.9 Å².